The van der Waals surface area contributed by atoms with Crippen LogP contribution in [0.25, 0.3) is 0 Å². The molecule has 0 saturated carbocycles. The van der Waals surface area contributed by atoms with Gasteiger partial charge < -0.3 is 9.55 Å². The molecule has 2 aromatic rings. The first-order chi connectivity index (χ1) is 11.3. The van der Waals surface area contributed by atoms with Crippen molar-refractivity contribution >= 4 is 0 Å². The van der Waals surface area contributed by atoms with E-state index in [4.69, 9.17) is 0 Å². The Bertz CT molecular complexity index is 599. The van der Waals surface area contributed by atoms with Gasteiger partial charge in [0, 0.05) is 44.3 Å². The maximum absolute atomic E-state index is 4.48. The summed E-state index contributed by atoms with van der Waals surface area (Å²) in [7, 11) is 0. The van der Waals surface area contributed by atoms with Crippen LogP contribution in [0, 0.1) is 12.8 Å². The lowest BCUT2D eigenvalue weighted by molar-refractivity contribution is 0.207. The molecule has 2 heterocycles. The van der Waals surface area contributed by atoms with Gasteiger partial charge in [-0.3, -0.25) is 4.90 Å². The van der Waals surface area contributed by atoms with Crippen LogP contribution in [0.15, 0.2) is 37.2 Å². The molecule has 1 unspecified atom stereocenters. The third-order valence-electron chi connectivity index (χ3n) is 4.65. The summed E-state index contributed by atoms with van der Waals surface area (Å²) in [5.74, 6) is 0.785. The quantitative estimate of drug-likeness (QED) is 0.762. The van der Waals surface area contributed by atoms with Crippen LogP contribution in [-0.4, -0.2) is 37.5 Å². The molecule has 0 bridgehead atoms. The van der Waals surface area contributed by atoms with Crippen molar-refractivity contribution in [1.82, 2.24) is 24.4 Å². The summed E-state index contributed by atoms with van der Waals surface area (Å²) >= 11 is 0. The molecule has 0 fully saturated rings. The summed E-state index contributed by atoms with van der Waals surface area (Å²) in [6.45, 7) is 6.35. The maximum atomic E-state index is 4.48. The van der Waals surface area contributed by atoms with Crippen LogP contribution in [0.4, 0.5) is 0 Å². The molecule has 1 N–H and O–H groups in total. The van der Waals surface area contributed by atoms with E-state index in [-0.39, 0.29) is 0 Å². The monoisotopic (exact) mass is 313 g/mol. The average molecular weight is 313 g/mol. The van der Waals surface area contributed by atoms with Gasteiger partial charge in [-0.1, -0.05) is 12.2 Å². The molecule has 0 spiro atoms. The largest absolute Gasteiger partial charge is 0.348 e. The summed E-state index contributed by atoms with van der Waals surface area (Å²) in [4.78, 5) is 14.4. The number of rotatable bonds is 8. The lowest BCUT2D eigenvalue weighted by atomic mass is 9.94. The summed E-state index contributed by atoms with van der Waals surface area (Å²) in [6, 6.07) is 0. The Kier molecular flexibility index (Phi) is 5.64. The van der Waals surface area contributed by atoms with Crippen molar-refractivity contribution in [2.75, 3.05) is 13.1 Å². The molecule has 0 radical (unpaired) electrons. The third-order valence-corrected chi connectivity index (χ3v) is 4.65. The summed E-state index contributed by atoms with van der Waals surface area (Å²) in [5, 5.41) is 0. The fourth-order valence-electron chi connectivity index (χ4n) is 3.28. The number of hydrogen-bond acceptors (Lipinski definition) is 3. The van der Waals surface area contributed by atoms with Crippen molar-refractivity contribution in [3.8, 4) is 0 Å². The predicted octanol–water partition coefficient (Wildman–Crippen LogP) is 3.16. The minimum Gasteiger partial charge on any atom is -0.348 e. The molecule has 23 heavy (non-hydrogen) atoms. The van der Waals surface area contributed by atoms with Gasteiger partial charge in [0.2, 0.25) is 0 Å². The molecular formula is C18H27N5. The number of nitrogens with one attached hydrogen (secondary N) is 1. The molecular weight excluding hydrogens is 286 g/mol. The highest BCUT2D eigenvalue weighted by molar-refractivity contribution is 5.08. The van der Waals surface area contributed by atoms with Crippen molar-refractivity contribution in [1.29, 1.82) is 0 Å². The van der Waals surface area contributed by atoms with Crippen LogP contribution < -0.4 is 0 Å². The van der Waals surface area contributed by atoms with Crippen molar-refractivity contribution in [3.05, 3.63) is 48.6 Å². The maximum Gasteiger partial charge on any atom is 0.0945 e. The Morgan fingerprint density at radius 2 is 2.35 bits per heavy atom. The van der Waals surface area contributed by atoms with Gasteiger partial charge in [0.05, 0.1) is 18.3 Å². The molecule has 0 aliphatic heterocycles. The van der Waals surface area contributed by atoms with Crippen LogP contribution in [0.1, 0.15) is 37.1 Å². The first-order valence-corrected chi connectivity index (χ1v) is 8.63. The zero-order valence-electron chi connectivity index (χ0n) is 14.0. The number of allylic oxidation sites excluding steroid dienone is 2. The van der Waals surface area contributed by atoms with Gasteiger partial charge >= 0.3 is 0 Å². The Labute approximate surface area is 138 Å². The Balaban J connectivity index is 1.55. The highest BCUT2D eigenvalue weighted by Crippen LogP contribution is 2.20. The average Bonchev–Trinajstić information content (AvgIpc) is 3.21. The second kappa shape index (κ2) is 8.11. The van der Waals surface area contributed by atoms with E-state index in [1.165, 1.54) is 37.2 Å². The van der Waals surface area contributed by atoms with Gasteiger partial charge in [-0.2, -0.15) is 0 Å². The fourth-order valence-corrected chi connectivity index (χ4v) is 3.28. The highest BCUT2D eigenvalue weighted by Gasteiger charge is 2.16. The molecule has 2 aromatic heterocycles. The summed E-state index contributed by atoms with van der Waals surface area (Å²) in [5.41, 5.74) is 2.37. The number of aryl methyl sites for hydroxylation is 2. The van der Waals surface area contributed by atoms with Gasteiger partial charge in [0.25, 0.3) is 0 Å². The normalized spacial score (nSPS) is 17.9. The molecule has 1 aliphatic rings. The number of nitrogens with zero attached hydrogens (tertiary/aromatic N) is 4. The predicted molar refractivity (Wildman–Crippen MR) is 91.9 cm³/mol. The lowest BCUT2D eigenvalue weighted by Crippen LogP contribution is -2.31. The van der Waals surface area contributed by atoms with Crippen LogP contribution in [0.2, 0.25) is 0 Å². The van der Waals surface area contributed by atoms with E-state index in [1.807, 2.05) is 18.7 Å². The lowest BCUT2D eigenvalue weighted by Gasteiger charge is -2.28. The smallest absolute Gasteiger partial charge is 0.0945 e. The molecule has 5 nitrogen and oxygen atoms in total. The SMILES string of the molecule is Cc1[nH]cnc1CN(CCCn1ccnc1)CC1CC=CCC1. The second-order valence-electron chi connectivity index (χ2n) is 6.51. The van der Waals surface area contributed by atoms with Crippen molar-refractivity contribution in [2.24, 2.45) is 5.92 Å². The highest BCUT2D eigenvalue weighted by atomic mass is 15.1. The van der Waals surface area contributed by atoms with Gasteiger partial charge in [0.1, 0.15) is 0 Å². The molecule has 124 valence electrons. The van der Waals surface area contributed by atoms with E-state index in [0.717, 1.165) is 32.0 Å². The second-order valence-corrected chi connectivity index (χ2v) is 6.51. The minimum atomic E-state index is 0.785. The van der Waals surface area contributed by atoms with Gasteiger partial charge in [0.15, 0.2) is 0 Å². The zero-order valence-corrected chi connectivity index (χ0v) is 14.0. The minimum absolute atomic E-state index is 0.785. The van der Waals surface area contributed by atoms with Crippen LogP contribution in [0.5, 0.6) is 0 Å². The molecule has 1 atom stereocenters. The molecule has 0 saturated heterocycles. The zero-order chi connectivity index (χ0) is 15.9. The third kappa shape index (κ3) is 4.79. The van der Waals surface area contributed by atoms with Crippen LogP contribution in [-0.2, 0) is 13.1 Å². The van der Waals surface area contributed by atoms with Gasteiger partial charge in [-0.15, -0.1) is 0 Å². The topological polar surface area (TPSA) is 49.7 Å². The van der Waals surface area contributed by atoms with Gasteiger partial charge in [-0.05, 0) is 38.5 Å². The van der Waals surface area contributed by atoms with E-state index < -0.39 is 0 Å². The van der Waals surface area contributed by atoms with Crippen LogP contribution >= 0.6 is 0 Å². The van der Waals surface area contributed by atoms with E-state index in [9.17, 15) is 0 Å². The van der Waals surface area contributed by atoms with Crippen molar-refractivity contribution in [3.63, 3.8) is 0 Å². The first-order valence-electron chi connectivity index (χ1n) is 8.63. The number of imidazole rings is 2. The fraction of sp³-hybridized carbons (Fsp3) is 0.556. The van der Waals surface area contributed by atoms with Gasteiger partial charge in [-0.25, -0.2) is 9.97 Å². The number of aromatic nitrogens is 4. The number of hydrogen-bond donors (Lipinski definition) is 1. The van der Waals surface area contributed by atoms with E-state index in [2.05, 4.69) is 43.5 Å². The number of H-pyrrole nitrogens is 1. The number of aromatic amines is 1. The van der Waals surface area contributed by atoms with Crippen molar-refractivity contribution < 1.29 is 0 Å². The molecule has 5 heteroatoms. The van der Waals surface area contributed by atoms with E-state index >= 15 is 0 Å². The van der Waals surface area contributed by atoms with E-state index in [0.29, 0.717) is 0 Å². The standard InChI is InChI=1S/C18H27N5/c1-16-18(21-14-20-16)13-23(12-17-6-3-2-4-7-17)10-5-9-22-11-8-19-15-22/h2-3,8,11,14-15,17H,4-7,9-10,12-13H2,1H3,(H,20,21). The molecule has 1 aliphatic carbocycles. The molecule has 0 aromatic carbocycles. The first kappa shape index (κ1) is 16.0. The summed E-state index contributed by atoms with van der Waals surface area (Å²) in [6.07, 6.45) is 17.2. The Morgan fingerprint density at radius 1 is 1.39 bits per heavy atom. The Hall–Kier alpha value is -1.88. The Morgan fingerprint density at radius 3 is 3.04 bits per heavy atom. The van der Waals surface area contributed by atoms with Crippen LogP contribution in [0.3, 0.4) is 0 Å². The van der Waals surface area contributed by atoms with Crippen molar-refractivity contribution in [2.45, 2.75) is 45.7 Å². The van der Waals surface area contributed by atoms with E-state index in [1.54, 1.807) is 6.33 Å². The molecule has 3 rings (SSSR count). The summed E-state index contributed by atoms with van der Waals surface area (Å²) < 4.78 is 2.15. The molecule has 0 amide bonds.